The van der Waals surface area contributed by atoms with Gasteiger partial charge in [0.2, 0.25) is 6.54 Å². The maximum atomic E-state index is 8.37. The van der Waals surface area contributed by atoms with Crippen molar-refractivity contribution in [3.8, 4) is 33.8 Å². The SMILES string of the molecule is [2H]C1([2H])C(/C(=C/[N+]#[C-])n2cc(-c3ncnc(N)c3CC(OC)OC)cn2)C([2H])([2H])C([2H])([2H])C1([2H])[2H].[2H]C1([2H])C(=C(C[N+]#[C-])n2cc(-c3ncnc(N)c3CC(OC)OC)cn2)C([2H])([2H])C([2H])([2H])C1([2H])[2H].[2H]C1([2H])C([C@@H](C[N+]#[C-])n2cc(-c3ncnc(N)c3CC(OC)OC)cn2)C([2H])([2H])C([2H])([2H])C1([2H])[2H]. The Labute approximate surface area is 507 Å². The molecule has 0 saturated heterocycles. The van der Waals surface area contributed by atoms with Crippen molar-refractivity contribution in [2.75, 3.05) is 72.9 Å². The van der Waals surface area contributed by atoms with Gasteiger partial charge in [-0.1, -0.05) is 25.5 Å². The van der Waals surface area contributed by atoms with Crippen molar-refractivity contribution in [1.29, 1.82) is 0 Å². The molecule has 6 aromatic rings. The molecular formula is C57H74N18O6. The van der Waals surface area contributed by atoms with Crippen LogP contribution >= 0.6 is 0 Å². The van der Waals surface area contributed by atoms with E-state index in [1.165, 1.54) is 98.8 Å². The Balaban J connectivity index is 0.000000220. The van der Waals surface area contributed by atoms with Crippen LogP contribution in [0.5, 0.6) is 0 Å². The number of rotatable bonds is 22. The largest absolute Gasteiger partial charge is 0.383 e. The minimum absolute atomic E-state index is 0.156. The summed E-state index contributed by atoms with van der Waals surface area (Å²) in [6, 6.07) is -1.31. The van der Waals surface area contributed by atoms with Crippen molar-refractivity contribution in [3.05, 3.63) is 119 Å². The number of hydrogen-bond acceptors (Lipinski definition) is 18. The molecule has 24 heteroatoms. The second-order valence-electron chi connectivity index (χ2n) is 16.8. The molecule has 81 heavy (non-hydrogen) atoms. The summed E-state index contributed by atoms with van der Waals surface area (Å²) in [4.78, 5) is 34.4. The minimum Gasteiger partial charge on any atom is -0.383 e. The first-order chi connectivity index (χ1) is 48.6. The van der Waals surface area contributed by atoms with Crippen LogP contribution < -0.4 is 17.2 Å². The third kappa shape index (κ3) is 15.5. The lowest BCUT2D eigenvalue weighted by molar-refractivity contribution is -0.100. The lowest BCUT2D eigenvalue weighted by Crippen LogP contribution is -2.20. The number of ether oxygens (including phenoxy) is 6. The average molecular weight is 1130 g/mol. The van der Waals surface area contributed by atoms with E-state index in [2.05, 4.69) is 59.7 Å². The van der Waals surface area contributed by atoms with Gasteiger partial charge in [-0.15, -0.1) is 0 Å². The average Bonchev–Trinajstić information content (AvgIpc) is 1.54. The molecule has 0 unspecified atom stereocenters. The number of hydrogen-bond donors (Lipinski definition) is 3. The summed E-state index contributed by atoms with van der Waals surface area (Å²) in [5, 5.41) is 12.5. The molecule has 24 nitrogen and oxygen atoms in total. The monoisotopic (exact) mass is 1130 g/mol. The molecule has 3 fully saturated rings. The van der Waals surface area contributed by atoms with Crippen molar-refractivity contribution < 1.29 is 61.3 Å². The van der Waals surface area contributed by atoms with Gasteiger partial charge in [-0.3, -0.25) is 9.36 Å². The van der Waals surface area contributed by atoms with Gasteiger partial charge in [0.05, 0.1) is 42.2 Å². The first kappa shape index (κ1) is 35.7. The van der Waals surface area contributed by atoms with Crippen molar-refractivity contribution in [2.45, 2.75) is 121 Å². The fourth-order valence-electron chi connectivity index (χ4n) is 8.07. The van der Waals surface area contributed by atoms with E-state index in [1.54, 1.807) is 0 Å². The zero-order valence-corrected chi connectivity index (χ0v) is 44.7. The highest BCUT2D eigenvalue weighted by Gasteiger charge is 2.30. The molecule has 3 aliphatic rings. The third-order valence-corrected chi connectivity index (χ3v) is 12.2. The fraction of sp³-hybridized carbons (Fsp3) is 0.509. The molecule has 9 rings (SSSR count). The maximum Gasteiger partial charge on any atom is 0.256 e. The second kappa shape index (κ2) is 30.5. The Kier molecular flexibility index (Phi) is 13.4. The van der Waals surface area contributed by atoms with Gasteiger partial charge in [0.25, 0.3) is 6.54 Å². The van der Waals surface area contributed by atoms with E-state index in [0.717, 1.165) is 20.2 Å². The van der Waals surface area contributed by atoms with Crippen molar-refractivity contribution in [1.82, 2.24) is 59.2 Å². The van der Waals surface area contributed by atoms with Gasteiger partial charge in [-0.05, 0) is 68.4 Å². The molecule has 0 aromatic carbocycles. The number of aromatic nitrogens is 12. The molecule has 6 N–H and O–H groups in total. The van der Waals surface area contributed by atoms with E-state index < -0.39 is 132 Å². The van der Waals surface area contributed by atoms with Crippen LogP contribution in [0.1, 0.15) is 132 Å². The fourth-order valence-corrected chi connectivity index (χ4v) is 8.07. The first-order valence-electron chi connectivity index (χ1n) is 36.1. The predicted molar refractivity (Wildman–Crippen MR) is 306 cm³/mol. The summed E-state index contributed by atoms with van der Waals surface area (Å²) in [6.07, 6.45) is -25.9. The van der Waals surface area contributed by atoms with Crippen LogP contribution in [0.4, 0.5) is 17.5 Å². The molecule has 6 aromatic heterocycles. The highest BCUT2D eigenvalue weighted by Crippen LogP contribution is 2.38. The summed E-state index contributed by atoms with van der Waals surface area (Å²) in [6.45, 7) is 20.9. The molecule has 3 saturated carbocycles. The van der Waals surface area contributed by atoms with Crippen LogP contribution in [0.2, 0.25) is 0 Å². The number of nitrogens with zero attached hydrogens (tertiary/aromatic N) is 15. The van der Waals surface area contributed by atoms with Gasteiger partial charge in [0.1, 0.15) is 48.2 Å². The summed E-state index contributed by atoms with van der Waals surface area (Å²) in [5.41, 5.74) is 20.3. The summed E-state index contributed by atoms with van der Waals surface area (Å²) in [5.74, 6) is -3.37. The molecular weight excluding hydrogens is 1030 g/mol. The van der Waals surface area contributed by atoms with Crippen molar-refractivity contribution in [2.24, 2.45) is 11.8 Å². The number of anilines is 3. The van der Waals surface area contributed by atoms with Crippen LogP contribution in [-0.4, -0.2) is 134 Å². The van der Waals surface area contributed by atoms with Gasteiger partial charge < -0.3 is 55.3 Å². The van der Waals surface area contributed by atoms with Gasteiger partial charge >= 0.3 is 0 Å². The molecule has 0 aliphatic heterocycles. The Morgan fingerprint density at radius 2 is 1.02 bits per heavy atom. The third-order valence-electron chi connectivity index (χ3n) is 12.2. The van der Waals surface area contributed by atoms with Crippen LogP contribution in [0, 0.1) is 31.6 Å². The Morgan fingerprint density at radius 3 is 1.47 bits per heavy atom. The molecule has 0 radical (unpaired) electrons. The number of nitrogen functional groups attached to an aromatic ring is 3. The lowest BCUT2D eigenvalue weighted by atomic mass is 9.98. The molecule has 3 aliphatic carbocycles. The lowest BCUT2D eigenvalue weighted by Gasteiger charge is -2.19. The van der Waals surface area contributed by atoms with Gasteiger partial charge in [-0.2, -0.15) is 15.3 Å². The van der Waals surface area contributed by atoms with E-state index in [0.29, 0.717) is 50.5 Å². The van der Waals surface area contributed by atoms with E-state index >= 15 is 0 Å². The second-order valence-corrected chi connectivity index (χ2v) is 16.8. The highest BCUT2D eigenvalue weighted by atomic mass is 16.7. The van der Waals surface area contributed by atoms with Gasteiger partial charge in [0.15, 0.2) is 25.1 Å². The van der Waals surface area contributed by atoms with Crippen molar-refractivity contribution in [3.63, 3.8) is 0 Å². The smallest absolute Gasteiger partial charge is 0.256 e. The van der Waals surface area contributed by atoms with E-state index in [9.17, 15) is 0 Å². The number of nitrogens with two attached hydrogens (primary N) is 3. The van der Waals surface area contributed by atoms with Crippen LogP contribution in [0.15, 0.2) is 67.9 Å². The summed E-state index contributed by atoms with van der Waals surface area (Å²) in [7, 11) is 8.73. The predicted octanol–water partition coefficient (Wildman–Crippen LogP) is 8.51. The Hall–Kier alpha value is -8.02. The van der Waals surface area contributed by atoms with Gasteiger partial charge in [-0.25, -0.2) is 52.6 Å². The molecule has 428 valence electrons. The standard InChI is InChI=1S/C19H26N6O2.2C19H24N6O2/c3*1-21-10-16(13-6-4-5-7-13)25-11-14(9-24-25)18-15(8-17(26-2)27-3)19(20)23-12-22-18/h9,11-13,16-17H,4-8,10H2,2-3H3,(H2,20,22,23);9,11-12,17H,4-8,10H2,2-3H3,(H2,20,22,23);9-13,17H,4-8H2,2-3H3,(H2,20,22,23)/b;;16-10-/t16-;;/m1../s1/i3*4D2,5D2,6D2,7D2. The van der Waals surface area contributed by atoms with E-state index in [-0.39, 0.29) is 48.1 Å². The maximum absolute atomic E-state index is 8.37. The zero-order chi connectivity index (χ0) is 79.2. The first-order valence-corrected chi connectivity index (χ1v) is 24.1. The van der Waals surface area contributed by atoms with E-state index in [1.807, 2.05) is 0 Å². The molecule has 0 amide bonds. The molecule has 1 atom stereocenters. The van der Waals surface area contributed by atoms with Crippen molar-refractivity contribution >= 4 is 28.8 Å². The van der Waals surface area contributed by atoms with Crippen LogP contribution in [0.25, 0.3) is 59.7 Å². The summed E-state index contributed by atoms with van der Waals surface area (Å²) >= 11 is 0. The Bertz CT molecular complexity index is 4250. The topological polar surface area (TPSA) is 277 Å². The highest BCUT2D eigenvalue weighted by molar-refractivity contribution is 5.69. The minimum atomic E-state index is -3.22. The van der Waals surface area contributed by atoms with Gasteiger partial charge in [0, 0.05) is 152 Å². The number of methoxy groups -OCH3 is 6. The normalized spacial score (nSPS) is 26.9. The van der Waals surface area contributed by atoms with E-state index in [4.69, 9.17) is 98.2 Å². The van der Waals surface area contributed by atoms with Crippen LogP contribution in [-0.2, 0) is 47.7 Å². The molecule has 0 spiro atoms. The Morgan fingerprint density at radius 1 is 0.593 bits per heavy atom. The van der Waals surface area contributed by atoms with Crippen LogP contribution in [0.3, 0.4) is 0 Å². The molecule has 6 heterocycles. The number of allylic oxidation sites excluding steroid dienone is 2. The quantitative estimate of drug-likeness (QED) is 0.0424. The molecule has 0 bridgehead atoms. The summed E-state index contributed by atoms with van der Waals surface area (Å²) < 4.78 is 231. The zero-order valence-electron chi connectivity index (χ0n) is 68.7.